The van der Waals surface area contributed by atoms with Crippen LogP contribution < -0.4 is 9.47 Å². The lowest BCUT2D eigenvalue weighted by atomic mass is 9.85. The maximum atomic E-state index is 9.00. The molecule has 1 saturated heterocycles. The fraction of sp³-hybridized carbons (Fsp3) is 0.739. The Bertz CT molecular complexity index is 683. The second-order valence-electron chi connectivity index (χ2n) is 8.78. The quantitative estimate of drug-likeness (QED) is 0.775. The Morgan fingerprint density at radius 1 is 1.00 bits per heavy atom. The van der Waals surface area contributed by atoms with Crippen molar-refractivity contribution in [3.8, 4) is 11.5 Å². The number of hydrogen-bond donors (Lipinski definition) is 1. The molecule has 2 heterocycles. The first-order chi connectivity index (χ1) is 13.4. The van der Waals surface area contributed by atoms with Crippen molar-refractivity contribution in [3.05, 3.63) is 22.3 Å². The summed E-state index contributed by atoms with van der Waals surface area (Å²) in [5.74, 6) is 2.11. The minimum absolute atomic E-state index is 0.0980. The van der Waals surface area contributed by atoms with Gasteiger partial charge in [-0.05, 0) is 70.1 Å². The van der Waals surface area contributed by atoms with Gasteiger partial charge in [0.05, 0.1) is 7.11 Å². The molecule has 28 heavy (non-hydrogen) atoms. The largest absolute Gasteiger partial charge is 0.496 e. The summed E-state index contributed by atoms with van der Waals surface area (Å²) in [6, 6.07) is 0. The zero-order valence-corrected chi connectivity index (χ0v) is 18.4. The molecule has 158 valence electrons. The smallest absolute Gasteiger partial charge is 0.127 e. The van der Waals surface area contributed by atoms with Gasteiger partial charge < -0.3 is 24.4 Å². The summed E-state index contributed by atoms with van der Waals surface area (Å²) < 4.78 is 12.3. The number of aliphatic hydroxyl groups is 1. The molecule has 0 aromatic heterocycles. The lowest BCUT2D eigenvalue weighted by Gasteiger charge is -2.40. The zero-order valence-electron chi connectivity index (χ0n) is 18.4. The van der Waals surface area contributed by atoms with Crippen LogP contribution in [0.3, 0.4) is 0 Å². The van der Waals surface area contributed by atoms with Crippen LogP contribution in [0.1, 0.15) is 48.4 Å². The van der Waals surface area contributed by atoms with E-state index in [1.54, 1.807) is 7.11 Å². The summed E-state index contributed by atoms with van der Waals surface area (Å²) in [6.45, 7) is 15.6. The van der Waals surface area contributed by atoms with Crippen molar-refractivity contribution in [1.82, 2.24) is 9.80 Å². The highest BCUT2D eigenvalue weighted by atomic mass is 16.5. The number of nitrogens with zero attached hydrogens (tertiary/aromatic N) is 2. The first kappa shape index (κ1) is 21.4. The molecule has 1 N–H and O–H groups in total. The lowest BCUT2D eigenvalue weighted by molar-refractivity contribution is 0.0353. The van der Waals surface area contributed by atoms with E-state index in [-0.39, 0.29) is 5.60 Å². The van der Waals surface area contributed by atoms with Crippen molar-refractivity contribution in [2.45, 2.75) is 59.0 Å². The molecule has 0 aliphatic carbocycles. The standard InChI is InChI=1S/C23H38N2O3/c1-17-18(2)22-20(19(3)21(17)27-5)7-8-23(4,28-22)9-11-25-14-12-24(13-15-25)10-6-16-26/h26H,6-16H2,1-5H3. The minimum atomic E-state index is -0.0980. The Morgan fingerprint density at radius 3 is 2.25 bits per heavy atom. The number of ether oxygens (including phenoxy) is 2. The third-order valence-electron chi connectivity index (χ3n) is 6.82. The zero-order chi connectivity index (χ0) is 20.3. The molecule has 0 amide bonds. The van der Waals surface area contributed by atoms with Crippen LogP contribution >= 0.6 is 0 Å². The van der Waals surface area contributed by atoms with Crippen molar-refractivity contribution in [3.63, 3.8) is 0 Å². The average molecular weight is 391 g/mol. The van der Waals surface area contributed by atoms with Crippen LogP contribution in [0.2, 0.25) is 0 Å². The van der Waals surface area contributed by atoms with E-state index in [2.05, 4.69) is 37.5 Å². The third-order valence-corrected chi connectivity index (χ3v) is 6.82. The van der Waals surface area contributed by atoms with Gasteiger partial charge in [0.25, 0.3) is 0 Å². The van der Waals surface area contributed by atoms with Crippen LogP contribution in [0.5, 0.6) is 11.5 Å². The highest BCUT2D eigenvalue weighted by Crippen LogP contribution is 2.44. The van der Waals surface area contributed by atoms with Crippen LogP contribution in [0.25, 0.3) is 0 Å². The van der Waals surface area contributed by atoms with Crippen molar-refractivity contribution in [2.24, 2.45) is 0 Å². The number of aliphatic hydroxyl groups excluding tert-OH is 1. The molecule has 5 nitrogen and oxygen atoms in total. The monoisotopic (exact) mass is 390 g/mol. The molecule has 1 unspecified atom stereocenters. The molecule has 1 aromatic rings. The van der Waals surface area contributed by atoms with Crippen molar-refractivity contribution in [1.29, 1.82) is 0 Å². The van der Waals surface area contributed by atoms with Crippen molar-refractivity contribution < 1.29 is 14.6 Å². The highest BCUT2D eigenvalue weighted by Gasteiger charge is 2.35. The Balaban J connectivity index is 1.60. The van der Waals surface area contributed by atoms with Crippen molar-refractivity contribution >= 4 is 0 Å². The summed E-state index contributed by atoms with van der Waals surface area (Å²) >= 11 is 0. The molecule has 0 bridgehead atoms. The van der Waals surface area contributed by atoms with E-state index in [0.717, 1.165) is 76.5 Å². The van der Waals surface area contributed by atoms with Gasteiger partial charge in [-0.1, -0.05) is 0 Å². The van der Waals surface area contributed by atoms with Crippen LogP contribution in [-0.2, 0) is 6.42 Å². The SMILES string of the molecule is COc1c(C)c(C)c2c(c1C)CCC(C)(CCN1CCN(CCCO)CC1)O2. The molecular weight excluding hydrogens is 352 g/mol. The maximum Gasteiger partial charge on any atom is 0.127 e. The number of hydrogen-bond acceptors (Lipinski definition) is 5. The van der Waals surface area contributed by atoms with Gasteiger partial charge in [0, 0.05) is 51.4 Å². The third kappa shape index (κ3) is 4.47. The summed E-state index contributed by atoms with van der Waals surface area (Å²) in [4.78, 5) is 5.03. The minimum Gasteiger partial charge on any atom is -0.496 e. The van der Waals surface area contributed by atoms with Gasteiger partial charge in [0.1, 0.15) is 17.1 Å². The van der Waals surface area contributed by atoms with Crippen molar-refractivity contribution in [2.75, 3.05) is 53.0 Å². The Hall–Kier alpha value is -1.30. The molecule has 3 rings (SSSR count). The summed E-state index contributed by atoms with van der Waals surface area (Å²) in [5.41, 5.74) is 4.89. The predicted molar refractivity (Wildman–Crippen MR) is 114 cm³/mol. The molecule has 0 radical (unpaired) electrons. The van der Waals surface area contributed by atoms with Gasteiger partial charge in [0.15, 0.2) is 0 Å². The Kier molecular flexibility index (Phi) is 6.89. The van der Waals surface area contributed by atoms with Crippen LogP contribution in [0.15, 0.2) is 0 Å². The van der Waals surface area contributed by atoms with E-state index in [4.69, 9.17) is 14.6 Å². The summed E-state index contributed by atoms with van der Waals surface area (Å²) in [7, 11) is 1.76. The van der Waals surface area contributed by atoms with E-state index in [0.29, 0.717) is 6.61 Å². The Labute approximate surface area is 170 Å². The maximum absolute atomic E-state index is 9.00. The molecule has 0 spiro atoms. The van der Waals surface area contributed by atoms with Crippen LogP contribution in [0.4, 0.5) is 0 Å². The highest BCUT2D eigenvalue weighted by molar-refractivity contribution is 5.58. The second kappa shape index (κ2) is 9.02. The summed E-state index contributed by atoms with van der Waals surface area (Å²) in [5, 5.41) is 9.00. The fourth-order valence-electron chi connectivity index (χ4n) is 4.69. The lowest BCUT2D eigenvalue weighted by Crippen LogP contribution is -2.48. The topological polar surface area (TPSA) is 45.2 Å². The molecule has 2 aliphatic rings. The predicted octanol–water partition coefficient (Wildman–Crippen LogP) is 3.09. The Morgan fingerprint density at radius 2 is 1.64 bits per heavy atom. The average Bonchev–Trinajstić information content (AvgIpc) is 2.70. The van der Waals surface area contributed by atoms with Gasteiger partial charge in [-0.2, -0.15) is 0 Å². The van der Waals surface area contributed by atoms with E-state index < -0.39 is 0 Å². The molecule has 1 atom stereocenters. The van der Waals surface area contributed by atoms with Gasteiger partial charge in [-0.15, -0.1) is 0 Å². The van der Waals surface area contributed by atoms with Crippen LogP contribution in [-0.4, -0.2) is 73.5 Å². The van der Waals surface area contributed by atoms with Gasteiger partial charge in [-0.25, -0.2) is 0 Å². The first-order valence-corrected chi connectivity index (χ1v) is 10.8. The number of fused-ring (bicyclic) bond motifs is 1. The normalized spacial score (nSPS) is 23.4. The number of methoxy groups -OCH3 is 1. The van der Waals surface area contributed by atoms with E-state index >= 15 is 0 Å². The van der Waals surface area contributed by atoms with E-state index in [1.807, 2.05) is 0 Å². The van der Waals surface area contributed by atoms with Gasteiger partial charge >= 0.3 is 0 Å². The van der Waals surface area contributed by atoms with Gasteiger partial charge in [0.2, 0.25) is 0 Å². The van der Waals surface area contributed by atoms with E-state index in [9.17, 15) is 0 Å². The molecule has 1 aromatic carbocycles. The molecule has 1 fully saturated rings. The molecule has 5 heteroatoms. The van der Waals surface area contributed by atoms with Gasteiger partial charge in [-0.3, -0.25) is 0 Å². The van der Waals surface area contributed by atoms with Crippen LogP contribution in [0, 0.1) is 20.8 Å². The first-order valence-electron chi connectivity index (χ1n) is 10.8. The number of benzene rings is 1. The second-order valence-corrected chi connectivity index (χ2v) is 8.78. The molecule has 2 aliphatic heterocycles. The summed E-state index contributed by atoms with van der Waals surface area (Å²) in [6.07, 6.45) is 4.06. The van der Waals surface area contributed by atoms with E-state index in [1.165, 1.54) is 22.3 Å². The molecule has 0 saturated carbocycles. The fourth-order valence-corrected chi connectivity index (χ4v) is 4.69. The number of rotatable bonds is 7. The molecular formula is C23H38N2O3. The number of piperazine rings is 1.